The third kappa shape index (κ3) is 3.26. The molecule has 0 amide bonds. The normalized spacial score (nSPS) is 10.8. The second-order valence-electron chi connectivity index (χ2n) is 6.51. The molecule has 0 saturated heterocycles. The zero-order valence-corrected chi connectivity index (χ0v) is 16.7. The molecule has 4 heteroatoms. The van der Waals surface area contributed by atoms with Gasteiger partial charge in [-0.2, -0.15) is 0 Å². The predicted octanol–water partition coefficient (Wildman–Crippen LogP) is 6.79. The maximum atomic E-state index is 12.9. The monoisotopic (exact) mass is 405 g/mol. The van der Waals surface area contributed by atoms with E-state index in [1.54, 1.807) is 12.1 Å². The van der Waals surface area contributed by atoms with E-state index in [0.717, 1.165) is 16.9 Å². The van der Waals surface area contributed by atoms with Crippen LogP contribution in [0.2, 0.25) is 10.0 Å². The fourth-order valence-electron chi connectivity index (χ4n) is 3.39. The summed E-state index contributed by atoms with van der Waals surface area (Å²) >= 11 is 12.8. The lowest BCUT2D eigenvalue weighted by atomic mass is 10.0. The molecule has 0 atom stereocenters. The number of benzene rings is 3. The molecule has 1 aromatic heterocycles. The maximum absolute atomic E-state index is 12.9. The number of rotatable bonds is 3. The zero-order chi connectivity index (χ0) is 19.7. The molecule has 0 bridgehead atoms. The lowest BCUT2D eigenvalue weighted by Crippen LogP contribution is -2.15. The largest absolute Gasteiger partial charge is 0.309 e. The van der Waals surface area contributed by atoms with E-state index in [1.165, 1.54) is 0 Å². The average molecular weight is 406 g/mol. The third-order valence-electron chi connectivity index (χ3n) is 4.75. The van der Waals surface area contributed by atoms with Gasteiger partial charge in [-0.25, -0.2) is 0 Å². The molecule has 3 aromatic carbocycles. The highest BCUT2D eigenvalue weighted by Gasteiger charge is 2.19. The van der Waals surface area contributed by atoms with Crippen LogP contribution in [0, 0.1) is 6.92 Å². The molecule has 0 aliphatic rings. The quantitative estimate of drug-likeness (QED) is 0.367. The molecule has 2 nitrogen and oxygen atoms in total. The Balaban J connectivity index is 2.17. The molecule has 0 saturated carbocycles. The van der Waals surface area contributed by atoms with Gasteiger partial charge in [-0.15, -0.1) is 0 Å². The summed E-state index contributed by atoms with van der Waals surface area (Å²) in [4.78, 5) is 12.9. The fraction of sp³-hybridized carbons (Fsp3) is 0.0417. The molecule has 138 valence electrons. The average Bonchev–Trinajstić information content (AvgIpc) is 2.73. The Kier molecular flexibility index (Phi) is 5.08. The Labute approximate surface area is 173 Å². The van der Waals surface area contributed by atoms with Crippen molar-refractivity contribution >= 4 is 23.2 Å². The molecule has 0 radical (unpaired) electrons. The van der Waals surface area contributed by atoms with E-state index in [2.05, 4.69) is 4.57 Å². The summed E-state index contributed by atoms with van der Waals surface area (Å²) in [5, 5.41) is 0.879. The summed E-state index contributed by atoms with van der Waals surface area (Å²) < 4.78 is 2.07. The van der Waals surface area contributed by atoms with Gasteiger partial charge in [0, 0.05) is 22.9 Å². The summed E-state index contributed by atoms with van der Waals surface area (Å²) in [6.07, 6.45) is 0. The van der Waals surface area contributed by atoms with Crippen LogP contribution < -0.4 is 5.43 Å². The van der Waals surface area contributed by atoms with Crippen LogP contribution in [0.5, 0.6) is 0 Å². The molecule has 0 aliphatic carbocycles. The van der Waals surface area contributed by atoms with Gasteiger partial charge in [-0.1, -0.05) is 83.9 Å². The zero-order valence-electron chi connectivity index (χ0n) is 15.2. The first-order valence-corrected chi connectivity index (χ1v) is 9.65. The summed E-state index contributed by atoms with van der Waals surface area (Å²) in [7, 11) is 0. The molecule has 4 rings (SSSR count). The van der Waals surface area contributed by atoms with Gasteiger partial charge in [0.25, 0.3) is 0 Å². The first-order valence-electron chi connectivity index (χ1n) is 8.90. The van der Waals surface area contributed by atoms with Gasteiger partial charge < -0.3 is 4.57 Å². The summed E-state index contributed by atoms with van der Waals surface area (Å²) in [5.41, 5.74) is 4.79. The Hall–Kier alpha value is -2.81. The van der Waals surface area contributed by atoms with Gasteiger partial charge in [-0.3, -0.25) is 4.79 Å². The second-order valence-corrected chi connectivity index (χ2v) is 7.29. The number of para-hydroxylation sites is 1. The topological polar surface area (TPSA) is 22.0 Å². The smallest absolute Gasteiger partial charge is 0.185 e. The number of aromatic nitrogens is 1. The molecule has 0 spiro atoms. The van der Waals surface area contributed by atoms with Crippen molar-refractivity contribution in [2.75, 3.05) is 0 Å². The van der Waals surface area contributed by atoms with Gasteiger partial charge in [0.1, 0.15) is 0 Å². The van der Waals surface area contributed by atoms with Gasteiger partial charge in [-0.05, 0) is 30.7 Å². The molecule has 0 unspecified atom stereocenters. The number of nitrogens with zero attached hydrogens (tertiary/aromatic N) is 1. The van der Waals surface area contributed by atoms with Gasteiger partial charge >= 0.3 is 0 Å². The first kappa shape index (κ1) is 18.5. The van der Waals surface area contributed by atoms with Crippen LogP contribution in [-0.2, 0) is 0 Å². The molecule has 0 fully saturated rings. The van der Waals surface area contributed by atoms with Crippen LogP contribution in [0.4, 0.5) is 0 Å². The summed E-state index contributed by atoms with van der Waals surface area (Å²) in [6.45, 7) is 1.85. The van der Waals surface area contributed by atoms with Crippen molar-refractivity contribution in [3.63, 3.8) is 0 Å². The number of halogens is 2. The van der Waals surface area contributed by atoms with Crippen molar-refractivity contribution < 1.29 is 0 Å². The lowest BCUT2D eigenvalue weighted by Gasteiger charge is -2.22. The molecule has 4 aromatic rings. The molecular formula is C24H17Cl2NO. The molecule has 0 N–H and O–H groups in total. The highest BCUT2D eigenvalue weighted by Crippen LogP contribution is 2.37. The van der Waals surface area contributed by atoms with Crippen molar-refractivity contribution in [1.82, 2.24) is 4.57 Å². The maximum Gasteiger partial charge on any atom is 0.185 e. The van der Waals surface area contributed by atoms with Crippen molar-refractivity contribution in [3.8, 4) is 28.2 Å². The van der Waals surface area contributed by atoms with E-state index < -0.39 is 0 Å². The summed E-state index contributed by atoms with van der Waals surface area (Å²) in [6, 6.07) is 26.9. The van der Waals surface area contributed by atoms with Crippen molar-refractivity contribution in [2.24, 2.45) is 0 Å². The van der Waals surface area contributed by atoms with E-state index in [-0.39, 0.29) is 5.43 Å². The second kappa shape index (κ2) is 7.67. The van der Waals surface area contributed by atoms with E-state index in [4.69, 9.17) is 23.2 Å². The van der Waals surface area contributed by atoms with Crippen LogP contribution >= 0.6 is 23.2 Å². The Morgan fingerprint density at radius 3 is 2.11 bits per heavy atom. The molecule has 0 aliphatic heterocycles. The van der Waals surface area contributed by atoms with Crippen LogP contribution in [0.15, 0.2) is 89.7 Å². The van der Waals surface area contributed by atoms with Gasteiger partial charge in [0.05, 0.1) is 21.4 Å². The predicted molar refractivity (Wildman–Crippen MR) is 118 cm³/mol. The number of hydrogen-bond donors (Lipinski definition) is 0. The Bertz CT molecular complexity index is 1200. The fourth-order valence-corrected chi connectivity index (χ4v) is 3.79. The molecular weight excluding hydrogens is 389 g/mol. The van der Waals surface area contributed by atoms with Crippen molar-refractivity contribution in [1.29, 1.82) is 0 Å². The Morgan fingerprint density at radius 1 is 0.786 bits per heavy atom. The minimum atomic E-state index is -0.0444. The van der Waals surface area contributed by atoms with E-state index in [9.17, 15) is 4.79 Å². The van der Waals surface area contributed by atoms with Crippen molar-refractivity contribution in [2.45, 2.75) is 6.92 Å². The van der Waals surface area contributed by atoms with Crippen molar-refractivity contribution in [3.05, 3.63) is 111 Å². The standard InChI is InChI=1S/C24H17Cl2NO/c1-16-22(28)15-21(19-13-8-14-20(25)23(19)26)27(18-11-6-3-7-12-18)24(16)17-9-4-2-5-10-17/h2-15H,1H3. The number of pyridine rings is 1. The highest BCUT2D eigenvalue weighted by atomic mass is 35.5. The van der Waals surface area contributed by atoms with Gasteiger partial charge in [0.2, 0.25) is 0 Å². The minimum Gasteiger partial charge on any atom is -0.309 e. The number of hydrogen-bond acceptors (Lipinski definition) is 1. The van der Waals surface area contributed by atoms with Crippen LogP contribution in [0.3, 0.4) is 0 Å². The lowest BCUT2D eigenvalue weighted by molar-refractivity contribution is 1.04. The Morgan fingerprint density at radius 2 is 1.43 bits per heavy atom. The van der Waals surface area contributed by atoms with Crippen LogP contribution in [-0.4, -0.2) is 4.57 Å². The molecule has 28 heavy (non-hydrogen) atoms. The highest BCUT2D eigenvalue weighted by molar-refractivity contribution is 6.43. The van der Waals surface area contributed by atoms with Crippen LogP contribution in [0.1, 0.15) is 5.56 Å². The van der Waals surface area contributed by atoms with Crippen LogP contribution in [0.25, 0.3) is 28.2 Å². The SMILES string of the molecule is Cc1c(-c2ccccc2)n(-c2ccccc2)c(-c2cccc(Cl)c2Cl)cc1=O. The summed E-state index contributed by atoms with van der Waals surface area (Å²) in [5.74, 6) is 0. The third-order valence-corrected chi connectivity index (χ3v) is 5.57. The first-order chi connectivity index (χ1) is 13.6. The van der Waals surface area contributed by atoms with E-state index in [1.807, 2.05) is 79.7 Å². The van der Waals surface area contributed by atoms with Gasteiger partial charge in [0.15, 0.2) is 5.43 Å². The van der Waals surface area contributed by atoms with E-state index >= 15 is 0 Å². The molecule has 1 heterocycles. The van der Waals surface area contributed by atoms with E-state index in [0.29, 0.717) is 26.9 Å². The minimum absolute atomic E-state index is 0.0444.